The lowest BCUT2D eigenvalue weighted by Gasteiger charge is -2.13. The number of hydrogen-bond donors (Lipinski definition) is 1. The number of carbonyl (C=O) groups excluding carboxylic acids is 4. The Labute approximate surface area is 161 Å². The van der Waals surface area contributed by atoms with Crippen molar-refractivity contribution in [1.29, 1.82) is 0 Å². The molecule has 1 aliphatic rings. The molecule has 0 unspecified atom stereocenters. The van der Waals surface area contributed by atoms with Crippen LogP contribution in [-0.4, -0.2) is 41.2 Å². The maximum Gasteiger partial charge on any atom is 0.338 e. The predicted molar refractivity (Wildman–Crippen MR) is 97.5 cm³/mol. The van der Waals surface area contributed by atoms with Gasteiger partial charge in [0.15, 0.2) is 6.10 Å². The number of fused-ring (bicyclic) bond motifs is 1. The Bertz CT molecular complexity index is 919. The number of imide groups is 1. The lowest BCUT2D eigenvalue weighted by atomic mass is 10.1. The molecule has 1 aromatic carbocycles. The fraction of sp³-hybridized carbons (Fsp3) is 0.300. The van der Waals surface area contributed by atoms with Crippen molar-refractivity contribution in [2.45, 2.75) is 32.9 Å². The quantitative estimate of drug-likeness (QED) is 0.579. The molecule has 0 saturated carbocycles. The largest absolute Gasteiger partial charge is 0.467 e. The van der Waals surface area contributed by atoms with Gasteiger partial charge < -0.3 is 14.5 Å². The molecule has 8 heteroatoms. The van der Waals surface area contributed by atoms with E-state index in [-0.39, 0.29) is 23.2 Å². The Morgan fingerprint density at radius 1 is 1.18 bits per heavy atom. The van der Waals surface area contributed by atoms with Crippen molar-refractivity contribution in [2.75, 3.05) is 6.54 Å². The zero-order chi connectivity index (χ0) is 20.3. The molecule has 1 atom stereocenters. The summed E-state index contributed by atoms with van der Waals surface area (Å²) in [4.78, 5) is 50.3. The molecule has 0 aliphatic carbocycles. The van der Waals surface area contributed by atoms with Crippen LogP contribution in [0.1, 0.15) is 57.1 Å². The van der Waals surface area contributed by atoms with Crippen molar-refractivity contribution in [1.82, 2.24) is 10.2 Å². The maximum atomic E-state index is 12.6. The zero-order valence-electron chi connectivity index (χ0n) is 15.6. The van der Waals surface area contributed by atoms with E-state index >= 15 is 0 Å². The van der Waals surface area contributed by atoms with Crippen LogP contribution < -0.4 is 5.32 Å². The van der Waals surface area contributed by atoms with Gasteiger partial charge in [-0.2, -0.15) is 0 Å². The average Bonchev–Trinajstić information content (AvgIpc) is 3.28. The van der Waals surface area contributed by atoms with E-state index in [0.717, 1.165) is 11.3 Å². The maximum absolute atomic E-state index is 12.6. The summed E-state index contributed by atoms with van der Waals surface area (Å²) in [5.74, 6) is -1.64. The van der Waals surface area contributed by atoms with Crippen LogP contribution in [0.2, 0.25) is 0 Å². The molecule has 0 spiro atoms. The number of esters is 1. The Kier molecular flexibility index (Phi) is 5.58. The van der Waals surface area contributed by atoms with Gasteiger partial charge in [0.05, 0.1) is 29.5 Å². The minimum atomic E-state index is -0.972. The SMILES string of the molecule is CCCNC(=O)[C@H](C)OC(=O)c1ccc2c(c1)C(=O)N(Cc1ccco1)C2=O. The number of hydrogen-bond acceptors (Lipinski definition) is 6. The van der Waals surface area contributed by atoms with Crippen LogP contribution in [0, 0.1) is 0 Å². The van der Waals surface area contributed by atoms with Crippen molar-refractivity contribution in [3.63, 3.8) is 0 Å². The molecule has 3 amide bonds. The molecule has 1 N–H and O–H groups in total. The van der Waals surface area contributed by atoms with E-state index in [1.165, 1.54) is 31.4 Å². The molecule has 28 heavy (non-hydrogen) atoms. The molecule has 2 heterocycles. The molecule has 1 aromatic heterocycles. The Hall–Kier alpha value is -3.42. The molecule has 2 aromatic rings. The number of benzene rings is 1. The second-order valence-corrected chi connectivity index (χ2v) is 6.37. The van der Waals surface area contributed by atoms with E-state index in [1.54, 1.807) is 12.1 Å². The smallest absolute Gasteiger partial charge is 0.338 e. The number of furan rings is 1. The third-order valence-electron chi connectivity index (χ3n) is 4.30. The monoisotopic (exact) mass is 384 g/mol. The van der Waals surface area contributed by atoms with Crippen molar-refractivity contribution < 1.29 is 28.3 Å². The van der Waals surface area contributed by atoms with Crippen LogP contribution in [0.25, 0.3) is 0 Å². The second kappa shape index (κ2) is 8.08. The van der Waals surface area contributed by atoms with Gasteiger partial charge in [-0.05, 0) is 43.7 Å². The predicted octanol–water partition coefficient (Wildman–Crippen LogP) is 2.15. The van der Waals surface area contributed by atoms with Gasteiger partial charge in [-0.25, -0.2) is 4.79 Å². The fourth-order valence-electron chi connectivity index (χ4n) is 2.79. The van der Waals surface area contributed by atoms with E-state index in [0.29, 0.717) is 12.3 Å². The third kappa shape index (κ3) is 3.80. The molecule has 0 bridgehead atoms. The van der Waals surface area contributed by atoms with Crippen LogP contribution >= 0.6 is 0 Å². The van der Waals surface area contributed by atoms with E-state index in [2.05, 4.69) is 5.32 Å². The summed E-state index contributed by atoms with van der Waals surface area (Å²) in [5, 5.41) is 2.64. The van der Waals surface area contributed by atoms with Crippen molar-refractivity contribution >= 4 is 23.7 Å². The summed E-state index contributed by atoms with van der Waals surface area (Å²) in [6.07, 6.45) is 1.25. The molecular formula is C20H20N2O6. The van der Waals surface area contributed by atoms with E-state index in [9.17, 15) is 19.2 Å². The normalized spacial score (nSPS) is 14.0. The van der Waals surface area contributed by atoms with Crippen LogP contribution in [0.15, 0.2) is 41.0 Å². The standard InChI is InChI=1S/C20H20N2O6/c1-3-8-21-17(23)12(2)28-20(26)13-6-7-15-16(10-13)19(25)22(18(15)24)11-14-5-4-9-27-14/h4-7,9-10,12H,3,8,11H2,1-2H3,(H,21,23)/t12-/m0/s1. The Morgan fingerprint density at radius 3 is 2.61 bits per heavy atom. The lowest BCUT2D eigenvalue weighted by Crippen LogP contribution is -2.36. The first-order valence-electron chi connectivity index (χ1n) is 8.93. The van der Waals surface area contributed by atoms with Gasteiger partial charge in [-0.3, -0.25) is 19.3 Å². The van der Waals surface area contributed by atoms with Gasteiger partial charge in [0, 0.05) is 6.54 Å². The number of rotatable bonds is 7. The van der Waals surface area contributed by atoms with E-state index in [1.807, 2.05) is 6.92 Å². The second-order valence-electron chi connectivity index (χ2n) is 6.37. The first-order chi connectivity index (χ1) is 13.4. The summed E-state index contributed by atoms with van der Waals surface area (Å²) < 4.78 is 10.3. The van der Waals surface area contributed by atoms with Gasteiger partial charge >= 0.3 is 5.97 Å². The Balaban J connectivity index is 1.73. The number of carbonyl (C=O) groups is 4. The van der Waals surface area contributed by atoms with Crippen LogP contribution in [0.4, 0.5) is 0 Å². The van der Waals surface area contributed by atoms with Gasteiger partial charge in [-0.15, -0.1) is 0 Å². The number of amides is 3. The highest BCUT2D eigenvalue weighted by Gasteiger charge is 2.36. The van der Waals surface area contributed by atoms with Gasteiger partial charge in [0.25, 0.3) is 17.7 Å². The number of nitrogens with zero attached hydrogens (tertiary/aromatic N) is 1. The molecule has 8 nitrogen and oxygen atoms in total. The first kappa shape index (κ1) is 19.3. The van der Waals surface area contributed by atoms with Crippen LogP contribution in [-0.2, 0) is 16.1 Å². The summed E-state index contributed by atoms with van der Waals surface area (Å²) in [6, 6.07) is 7.46. The van der Waals surface area contributed by atoms with Gasteiger partial charge in [-0.1, -0.05) is 6.92 Å². The summed E-state index contributed by atoms with van der Waals surface area (Å²) in [6.45, 7) is 3.88. The molecule has 0 radical (unpaired) electrons. The van der Waals surface area contributed by atoms with Crippen LogP contribution in [0.3, 0.4) is 0 Å². The minimum absolute atomic E-state index is 0.00770. The van der Waals surface area contributed by atoms with Crippen molar-refractivity contribution in [3.05, 3.63) is 59.0 Å². The molecular weight excluding hydrogens is 364 g/mol. The molecule has 146 valence electrons. The lowest BCUT2D eigenvalue weighted by molar-refractivity contribution is -0.129. The molecule has 0 fully saturated rings. The van der Waals surface area contributed by atoms with Crippen LogP contribution in [0.5, 0.6) is 0 Å². The third-order valence-corrected chi connectivity index (χ3v) is 4.30. The molecule has 3 rings (SSSR count). The summed E-state index contributed by atoms with van der Waals surface area (Å²) in [7, 11) is 0. The highest BCUT2D eigenvalue weighted by atomic mass is 16.5. The van der Waals surface area contributed by atoms with Gasteiger partial charge in [0.2, 0.25) is 0 Å². The van der Waals surface area contributed by atoms with E-state index in [4.69, 9.17) is 9.15 Å². The van der Waals surface area contributed by atoms with Crippen molar-refractivity contribution in [2.24, 2.45) is 0 Å². The van der Waals surface area contributed by atoms with Crippen molar-refractivity contribution in [3.8, 4) is 0 Å². The first-order valence-corrected chi connectivity index (χ1v) is 8.93. The zero-order valence-corrected chi connectivity index (χ0v) is 15.6. The highest BCUT2D eigenvalue weighted by Crippen LogP contribution is 2.26. The molecule has 1 aliphatic heterocycles. The topological polar surface area (TPSA) is 106 Å². The van der Waals surface area contributed by atoms with Gasteiger partial charge in [0.1, 0.15) is 5.76 Å². The van der Waals surface area contributed by atoms with E-state index < -0.39 is 29.8 Å². The average molecular weight is 384 g/mol. The number of ether oxygens (including phenoxy) is 1. The summed E-state index contributed by atoms with van der Waals surface area (Å²) >= 11 is 0. The minimum Gasteiger partial charge on any atom is -0.467 e. The highest BCUT2D eigenvalue weighted by molar-refractivity contribution is 6.21. The number of nitrogens with one attached hydrogen (secondary N) is 1. The summed E-state index contributed by atoms with van der Waals surface area (Å²) in [5.41, 5.74) is 0.422. The molecule has 0 saturated heterocycles. The Morgan fingerprint density at radius 2 is 1.93 bits per heavy atom. The fourth-order valence-corrected chi connectivity index (χ4v) is 2.79.